The van der Waals surface area contributed by atoms with Gasteiger partial charge in [-0.05, 0) is 49.7 Å². The van der Waals surface area contributed by atoms with Crippen LogP contribution in [0.4, 0.5) is 10.2 Å². The quantitative estimate of drug-likeness (QED) is 0.404. The molecule has 4 heterocycles. The maximum atomic E-state index is 13.3. The maximum Gasteiger partial charge on any atom is 0.226 e. The molecule has 0 fully saturated rings. The molecule has 5 aromatic rings. The average molecular weight is 484 g/mol. The van der Waals surface area contributed by atoms with E-state index in [9.17, 15) is 9.18 Å². The number of halogens is 1. The number of benzene rings is 2. The van der Waals surface area contributed by atoms with Crippen molar-refractivity contribution < 1.29 is 13.9 Å². The zero-order valence-electron chi connectivity index (χ0n) is 19.6. The lowest BCUT2D eigenvalue weighted by Crippen LogP contribution is -2.25. The van der Waals surface area contributed by atoms with Crippen LogP contribution >= 0.6 is 0 Å². The topological polar surface area (TPSA) is 99.2 Å². The minimum absolute atomic E-state index is 0.122. The molecule has 0 aliphatic carbocycles. The molecule has 1 atom stereocenters. The van der Waals surface area contributed by atoms with Crippen LogP contribution in [-0.4, -0.2) is 35.5 Å². The molecule has 180 valence electrons. The number of ether oxygens (including phenoxy) is 1. The summed E-state index contributed by atoms with van der Waals surface area (Å²) in [5.41, 5.74) is 4.06. The lowest BCUT2D eigenvalue weighted by molar-refractivity contribution is -0.116. The third kappa shape index (κ3) is 3.76. The molecular formula is C26H22FN7O2. The van der Waals surface area contributed by atoms with Crippen molar-refractivity contribution in [2.75, 3.05) is 5.32 Å². The molecule has 1 aliphatic heterocycles. The molecule has 1 aliphatic rings. The first kappa shape index (κ1) is 21.9. The van der Waals surface area contributed by atoms with E-state index < -0.39 is 0 Å². The largest absolute Gasteiger partial charge is 0.489 e. The van der Waals surface area contributed by atoms with E-state index in [0.717, 1.165) is 22.4 Å². The number of aryl methyl sites for hydroxylation is 2. The van der Waals surface area contributed by atoms with E-state index in [-0.39, 0.29) is 30.7 Å². The third-order valence-corrected chi connectivity index (χ3v) is 6.33. The van der Waals surface area contributed by atoms with E-state index in [0.29, 0.717) is 28.9 Å². The van der Waals surface area contributed by atoms with Crippen LogP contribution in [-0.2, 0) is 11.4 Å². The monoisotopic (exact) mass is 483 g/mol. The standard InChI is InChI=1S/C26H22FN7O2/c1-15-25-20(19-5-3-4-6-21(19)36-14-17-7-9-18(27)10-8-17)13-24(35)28-26(25)34(31-15)23-12-11-22-30-29-16(2)33(22)32-23/h3-12,20H,13-14H2,1-2H3,(H,28,35)/t20-/m0/s1. The molecule has 0 saturated carbocycles. The van der Waals surface area contributed by atoms with Gasteiger partial charge in [0, 0.05) is 23.5 Å². The third-order valence-electron chi connectivity index (χ3n) is 6.33. The van der Waals surface area contributed by atoms with E-state index in [4.69, 9.17) is 9.84 Å². The van der Waals surface area contributed by atoms with Gasteiger partial charge in [0.05, 0.1) is 5.69 Å². The van der Waals surface area contributed by atoms with E-state index >= 15 is 0 Å². The number of carbonyl (C=O) groups is 1. The molecule has 3 aromatic heterocycles. The van der Waals surface area contributed by atoms with Crippen molar-refractivity contribution >= 4 is 17.4 Å². The molecule has 9 nitrogen and oxygen atoms in total. The van der Waals surface area contributed by atoms with Gasteiger partial charge in [0.15, 0.2) is 17.3 Å². The Labute approximate surface area is 205 Å². The number of aromatic nitrogens is 6. The van der Waals surface area contributed by atoms with Gasteiger partial charge in [0.25, 0.3) is 0 Å². The van der Waals surface area contributed by atoms with Gasteiger partial charge < -0.3 is 10.1 Å². The van der Waals surface area contributed by atoms with Gasteiger partial charge in [0.1, 0.15) is 24.0 Å². The lowest BCUT2D eigenvalue weighted by atomic mass is 9.85. The first-order valence-electron chi connectivity index (χ1n) is 11.5. The van der Waals surface area contributed by atoms with E-state index in [1.807, 2.05) is 44.2 Å². The molecule has 1 amide bonds. The van der Waals surface area contributed by atoms with Gasteiger partial charge >= 0.3 is 0 Å². The summed E-state index contributed by atoms with van der Waals surface area (Å²) < 4.78 is 22.7. The van der Waals surface area contributed by atoms with Crippen LogP contribution in [0.2, 0.25) is 0 Å². The van der Waals surface area contributed by atoms with Gasteiger partial charge in [-0.2, -0.15) is 14.3 Å². The smallest absolute Gasteiger partial charge is 0.226 e. The Morgan fingerprint density at radius 2 is 1.83 bits per heavy atom. The number of amides is 1. The Balaban J connectivity index is 1.39. The number of nitrogens with one attached hydrogen (secondary N) is 1. The number of para-hydroxylation sites is 1. The minimum atomic E-state index is -0.291. The number of carbonyl (C=O) groups excluding carboxylic acids is 1. The van der Waals surface area contributed by atoms with Crippen LogP contribution in [0.5, 0.6) is 5.75 Å². The molecule has 0 saturated heterocycles. The molecule has 0 spiro atoms. The Morgan fingerprint density at radius 3 is 2.67 bits per heavy atom. The van der Waals surface area contributed by atoms with Gasteiger partial charge in [-0.1, -0.05) is 30.3 Å². The van der Waals surface area contributed by atoms with Crippen molar-refractivity contribution in [3.63, 3.8) is 0 Å². The van der Waals surface area contributed by atoms with Gasteiger partial charge in [-0.25, -0.2) is 4.39 Å². The summed E-state index contributed by atoms with van der Waals surface area (Å²) in [6.07, 6.45) is 0.257. The number of hydrogen-bond donors (Lipinski definition) is 1. The second-order valence-corrected chi connectivity index (χ2v) is 8.73. The predicted octanol–water partition coefficient (Wildman–Crippen LogP) is 4.12. The summed E-state index contributed by atoms with van der Waals surface area (Å²) in [5.74, 6) is 1.77. The minimum Gasteiger partial charge on any atom is -0.489 e. The highest BCUT2D eigenvalue weighted by atomic mass is 19.1. The highest BCUT2D eigenvalue weighted by molar-refractivity contribution is 5.95. The fourth-order valence-electron chi connectivity index (χ4n) is 4.62. The second kappa shape index (κ2) is 8.56. The first-order valence-corrected chi connectivity index (χ1v) is 11.5. The Hall–Kier alpha value is -4.60. The van der Waals surface area contributed by atoms with Crippen LogP contribution in [0, 0.1) is 19.7 Å². The van der Waals surface area contributed by atoms with Crippen molar-refractivity contribution in [2.24, 2.45) is 0 Å². The van der Waals surface area contributed by atoms with Crippen molar-refractivity contribution in [3.8, 4) is 11.6 Å². The molecule has 10 heteroatoms. The fourth-order valence-corrected chi connectivity index (χ4v) is 4.62. The van der Waals surface area contributed by atoms with Crippen molar-refractivity contribution in [2.45, 2.75) is 32.8 Å². The van der Waals surface area contributed by atoms with Gasteiger partial charge in [-0.3, -0.25) is 4.79 Å². The summed E-state index contributed by atoms with van der Waals surface area (Å²) in [5, 5.41) is 20.5. The molecular weight excluding hydrogens is 461 g/mol. The number of nitrogens with zero attached hydrogens (tertiary/aromatic N) is 6. The highest BCUT2D eigenvalue weighted by Gasteiger charge is 2.34. The Kier molecular flexibility index (Phi) is 5.21. The van der Waals surface area contributed by atoms with Crippen LogP contribution in [0.3, 0.4) is 0 Å². The average Bonchev–Trinajstić information content (AvgIpc) is 3.42. The maximum absolute atomic E-state index is 13.3. The molecule has 6 rings (SSSR count). The Bertz CT molecular complexity index is 1610. The first-order chi connectivity index (χ1) is 17.5. The summed E-state index contributed by atoms with van der Waals surface area (Å²) in [6, 6.07) is 17.5. The van der Waals surface area contributed by atoms with Crippen LogP contribution in [0.25, 0.3) is 11.5 Å². The van der Waals surface area contributed by atoms with Crippen LogP contribution in [0.15, 0.2) is 60.7 Å². The summed E-state index contributed by atoms with van der Waals surface area (Å²) in [4.78, 5) is 12.9. The second-order valence-electron chi connectivity index (χ2n) is 8.73. The van der Waals surface area contributed by atoms with Gasteiger partial charge in [0.2, 0.25) is 5.91 Å². The van der Waals surface area contributed by atoms with Crippen molar-refractivity contribution in [1.29, 1.82) is 0 Å². The number of hydrogen-bond acceptors (Lipinski definition) is 6. The van der Waals surface area contributed by atoms with Crippen molar-refractivity contribution in [3.05, 3.63) is 94.7 Å². The Morgan fingerprint density at radius 1 is 1.03 bits per heavy atom. The van der Waals surface area contributed by atoms with E-state index in [1.165, 1.54) is 12.1 Å². The summed E-state index contributed by atoms with van der Waals surface area (Å²) in [7, 11) is 0. The molecule has 1 N–H and O–H groups in total. The van der Waals surface area contributed by atoms with E-state index in [2.05, 4.69) is 20.6 Å². The zero-order valence-corrected chi connectivity index (χ0v) is 19.6. The normalized spacial score (nSPS) is 15.1. The molecule has 0 bridgehead atoms. The fraction of sp³-hybridized carbons (Fsp3) is 0.192. The number of fused-ring (bicyclic) bond motifs is 2. The van der Waals surface area contributed by atoms with E-state index in [1.54, 1.807) is 27.4 Å². The van der Waals surface area contributed by atoms with Crippen LogP contribution < -0.4 is 10.1 Å². The zero-order chi connectivity index (χ0) is 24.8. The molecule has 2 aromatic carbocycles. The molecule has 36 heavy (non-hydrogen) atoms. The van der Waals surface area contributed by atoms with Crippen molar-refractivity contribution in [1.82, 2.24) is 29.6 Å². The van der Waals surface area contributed by atoms with Crippen LogP contribution in [0.1, 0.15) is 40.5 Å². The predicted molar refractivity (Wildman–Crippen MR) is 130 cm³/mol. The molecule has 0 radical (unpaired) electrons. The SMILES string of the molecule is Cc1nn(-c2ccc3nnc(C)n3n2)c2c1[C@H](c1ccccc1OCc1ccc(F)cc1)CC(=O)N2. The van der Waals surface area contributed by atoms with Gasteiger partial charge in [-0.15, -0.1) is 15.3 Å². The summed E-state index contributed by atoms with van der Waals surface area (Å²) in [6.45, 7) is 4.02. The number of rotatable bonds is 5. The lowest BCUT2D eigenvalue weighted by Gasteiger charge is -2.26. The summed E-state index contributed by atoms with van der Waals surface area (Å²) >= 11 is 0. The highest BCUT2D eigenvalue weighted by Crippen LogP contribution is 2.43. The molecule has 0 unspecified atom stereocenters. The number of anilines is 1.